The molecule has 2 atom stereocenters. The number of aryl methyl sites for hydroxylation is 1. The number of aromatic nitrogens is 1. The maximum Gasteiger partial charge on any atom is 0.223 e. The molecule has 0 aliphatic rings. The summed E-state index contributed by atoms with van der Waals surface area (Å²) in [7, 11) is -0.953. The van der Waals surface area contributed by atoms with Crippen LogP contribution in [0.5, 0.6) is 0 Å². The summed E-state index contributed by atoms with van der Waals surface area (Å²) in [4.78, 5) is 6.72. The van der Waals surface area contributed by atoms with Gasteiger partial charge in [-0.2, -0.15) is 0 Å². The van der Waals surface area contributed by atoms with Gasteiger partial charge in [-0.25, -0.2) is 0 Å². The van der Waals surface area contributed by atoms with Crippen LogP contribution in [-0.2, 0) is 17.2 Å². The summed E-state index contributed by atoms with van der Waals surface area (Å²) in [5.74, 6) is 1.29. The van der Waals surface area contributed by atoms with Crippen molar-refractivity contribution >= 4 is 10.8 Å². The highest BCUT2D eigenvalue weighted by molar-refractivity contribution is 7.85. The van der Waals surface area contributed by atoms with Crippen LogP contribution in [0, 0.1) is 5.92 Å². The van der Waals surface area contributed by atoms with Crippen LogP contribution in [0.15, 0.2) is 59.8 Å². The molecule has 1 aromatic heterocycles. The maximum atomic E-state index is 12.4. The van der Waals surface area contributed by atoms with Crippen LogP contribution < -0.4 is 9.57 Å². The molecule has 0 spiro atoms. The van der Waals surface area contributed by atoms with Gasteiger partial charge in [-0.15, -0.1) is 0 Å². The van der Waals surface area contributed by atoms with Crippen LogP contribution in [0.2, 0.25) is 0 Å². The van der Waals surface area contributed by atoms with Gasteiger partial charge in [-0.3, -0.25) is 9.05 Å². The second-order valence-electron chi connectivity index (χ2n) is 6.74. The van der Waals surface area contributed by atoms with Crippen LogP contribution >= 0.6 is 0 Å². The molecular formula is C22H32NO2S+. The van der Waals surface area contributed by atoms with Gasteiger partial charge in [-0.1, -0.05) is 57.0 Å². The highest BCUT2D eigenvalue weighted by Gasteiger charge is 2.12. The zero-order valence-corrected chi connectivity index (χ0v) is 16.9. The van der Waals surface area contributed by atoms with Gasteiger partial charge in [0.25, 0.3) is 0 Å². The third-order valence-electron chi connectivity index (χ3n) is 4.67. The van der Waals surface area contributed by atoms with Crippen molar-refractivity contribution in [2.75, 3.05) is 12.4 Å². The summed E-state index contributed by atoms with van der Waals surface area (Å²) in [5, 5.41) is 0. The van der Waals surface area contributed by atoms with Crippen molar-refractivity contribution in [3.8, 4) is 0 Å². The summed E-state index contributed by atoms with van der Waals surface area (Å²) in [6.45, 7) is 5.18. The van der Waals surface area contributed by atoms with Gasteiger partial charge in [-0.05, 0) is 37.2 Å². The quantitative estimate of drug-likeness (QED) is 0.517. The first-order valence-electron chi connectivity index (χ1n) is 9.79. The fourth-order valence-corrected chi connectivity index (χ4v) is 3.96. The van der Waals surface area contributed by atoms with Crippen molar-refractivity contribution in [3.05, 3.63) is 60.4 Å². The van der Waals surface area contributed by atoms with E-state index in [0.29, 0.717) is 11.7 Å². The molecular weight excluding hydrogens is 342 g/mol. The lowest BCUT2D eigenvalue weighted by Gasteiger charge is -2.11. The molecule has 4 heteroatoms. The van der Waals surface area contributed by atoms with E-state index in [1.54, 1.807) is 4.73 Å². The predicted octanol–water partition coefficient (Wildman–Crippen LogP) is 4.36. The Morgan fingerprint density at radius 3 is 2.42 bits per heavy atom. The molecule has 26 heavy (non-hydrogen) atoms. The first kappa shape index (κ1) is 20.6. The van der Waals surface area contributed by atoms with E-state index >= 15 is 0 Å². The van der Waals surface area contributed by atoms with Crippen molar-refractivity contribution in [2.45, 2.75) is 57.3 Å². The lowest BCUT2D eigenvalue weighted by molar-refractivity contribution is -0.892. The molecule has 0 saturated carbocycles. The minimum Gasteiger partial charge on any atom is -0.271 e. The van der Waals surface area contributed by atoms with Gasteiger partial charge in [0.15, 0.2) is 6.61 Å². The average molecular weight is 375 g/mol. The molecule has 1 aromatic carbocycles. The number of pyridine rings is 1. The molecule has 0 aliphatic heterocycles. The Morgan fingerprint density at radius 1 is 1.04 bits per heavy atom. The molecule has 0 radical (unpaired) electrons. The zero-order chi connectivity index (χ0) is 18.6. The number of nitrogens with zero attached hydrogens (tertiary/aromatic N) is 1. The van der Waals surface area contributed by atoms with Crippen LogP contribution in [0.1, 0.15) is 51.5 Å². The molecule has 0 N–H and O–H groups in total. The van der Waals surface area contributed by atoms with E-state index in [2.05, 4.69) is 26.0 Å². The Morgan fingerprint density at radius 2 is 1.77 bits per heavy atom. The van der Waals surface area contributed by atoms with Crippen molar-refractivity contribution in [2.24, 2.45) is 5.92 Å². The second kappa shape index (κ2) is 11.8. The number of benzene rings is 1. The Labute approximate surface area is 160 Å². The molecule has 0 amide bonds. The molecule has 2 aromatic rings. The van der Waals surface area contributed by atoms with Crippen LogP contribution in [0.3, 0.4) is 0 Å². The average Bonchev–Trinajstić information content (AvgIpc) is 2.69. The van der Waals surface area contributed by atoms with Gasteiger partial charge in [0.1, 0.15) is 0 Å². The smallest absolute Gasteiger partial charge is 0.223 e. The molecule has 0 aliphatic carbocycles. The molecule has 1 heterocycles. The van der Waals surface area contributed by atoms with E-state index in [1.807, 2.05) is 42.7 Å². The van der Waals surface area contributed by atoms with E-state index in [0.717, 1.165) is 30.8 Å². The topological polar surface area (TPSA) is 30.2 Å². The van der Waals surface area contributed by atoms with Crippen molar-refractivity contribution < 1.29 is 13.8 Å². The number of hydrogen-bond acceptors (Lipinski definition) is 2. The minimum atomic E-state index is -0.953. The minimum absolute atomic E-state index is 0.606. The van der Waals surface area contributed by atoms with Crippen LogP contribution in [0.4, 0.5) is 0 Å². The van der Waals surface area contributed by atoms with E-state index < -0.39 is 10.8 Å². The third kappa shape index (κ3) is 7.28. The van der Waals surface area contributed by atoms with Gasteiger partial charge >= 0.3 is 0 Å². The Balaban J connectivity index is 1.76. The number of rotatable bonds is 12. The molecule has 2 unspecified atom stereocenters. The van der Waals surface area contributed by atoms with Gasteiger partial charge in [0, 0.05) is 22.6 Å². The Kier molecular flexibility index (Phi) is 9.40. The first-order chi connectivity index (χ1) is 12.7. The fraction of sp³-hybridized carbons (Fsp3) is 0.500. The number of unbranched alkanes of at least 4 members (excludes halogenated alkanes) is 1. The molecule has 0 bridgehead atoms. The molecule has 0 saturated heterocycles. The van der Waals surface area contributed by atoms with Crippen LogP contribution in [-0.4, -0.2) is 16.6 Å². The maximum absolute atomic E-state index is 12.4. The molecule has 142 valence electrons. The standard InChI is InChI=1S/C22H32NO2S/c1-3-5-10-20(4-2)19-25-23-16-14-22(15-17-23)26(24)18-9-13-21-11-7-6-8-12-21/h6-8,11-12,14-17,20H,3-5,9-10,13,18-19H2,1-2H3/q+1. The summed E-state index contributed by atoms with van der Waals surface area (Å²) in [6, 6.07) is 14.2. The summed E-state index contributed by atoms with van der Waals surface area (Å²) < 4.78 is 14.2. The van der Waals surface area contributed by atoms with Gasteiger partial charge in [0.2, 0.25) is 12.4 Å². The molecule has 3 nitrogen and oxygen atoms in total. The Hall–Kier alpha value is -1.68. The van der Waals surface area contributed by atoms with Crippen LogP contribution in [0.25, 0.3) is 0 Å². The van der Waals surface area contributed by atoms with Crippen molar-refractivity contribution in [1.82, 2.24) is 0 Å². The first-order valence-corrected chi connectivity index (χ1v) is 11.1. The Bertz CT molecular complexity index is 643. The normalized spacial score (nSPS) is 13.3. The SMILES string of the molecule is CCCCC(CC)CO[n+]1ccc(S(=O)CCCc2ccccc2)cc1. The molecule has 0 fully saturated rings. The van der Waals surface area contributed by atoms with Crippen molar-refractivity contribution in [3.63, 3.8) is 0 Å². The molecule has 2 rings (SSSR count). The third-order valence-corrected chi connectivity index (χ3v) is 6.13. The van der Waals surface area contributed by atoms with Gasteiger partial charge < -0.3 is 0 Å². The summed E-state index contributed by atoms with van der Waals surface area (Å²) in [5.41, 5.74) is 1.30. The zero-order valence-electron chi connectivity index (χ0n) is 16.1. The van der Waals surface area contributed by atoms with E-state index in [9.17, 15) is 4.21 Å². The summed E-state index contributed by atoms with van der Waals surface area (Å²) >= 11 is 0. The monoisotopic (exact) mass is 374 g/mol. The highest BCUT2D eigenvalue weighted by atomic mass is 32.2. The predicted molar refractivity (Wildman–Crippen MR) is 107 cm³/mol. The van der Waals surface area contributed by atoms with E-state index in [4.69, 9.17) is 4.84 Å². The lowest BCUT2D eigenvalue weighted by atomic mass is 10.0. The second-order valence-corrected chi connectivity index (χ2v) is 8.32. The lowest BCUT2D eigenvalue weighted by Crippen LogP contribution is -2.44. The summed E-state index contributed by atoms with van der Waals surface area (Å²) in [6.07, 6.45) is 10.5. The van der Waals surface area contributed by atoms with Crippen molar-refractivity contribution in [1.29, 1.82) is 0 Å². The largest absolute Gasteiger partial charge is 0.271 e. The van der Waals surface area contributed by atoms with Gasteiger partial charge in [0.05, 0.1) is 15.7 Å². The van der Waals surface area contributed by atoms with E-state index in [-0.39, 0.29) is 0 Å². The van der Waals surface area contributed by atoms with E-state index in [1.165, 1.54) is 24.8 Å². The number of hydrogen-bond donors (Lipinski definition) is 0. The fourth-order valence-electron chi connectivity index (χ4n) is 2.90. The highest BCUT2D eigenvalue weighted by Crippen LogP contribution is 2.11.